The number of aromatic nitrogens is 2. The SMILES string of the molecule is Cc1ccc(C(=O)N2CCC(O)C2)cc1-c1cc(C(F)(F)F)cc2[nH]ncc12. The van der Waals surface area contributed by atoms with Crippen LogP contribution in [0.2, 0.25) is 0 Å². The van der Waals surface area contributed by atoms with Gasteiger partial charge in [0.2, 0.25) is 0 Å². The molecule has 146 valence electrons. The summed E-state index contributed by atoms with van der Waals surface area (Å²) < 4.78 is 40.0. The molecule has 1 atom stereocenters. The number of aryl methyl sites for hydroxylation is 1. The van der Waals surface area contributed by atoms with E-state index in [4.69, 9.17) is 0 Å². The van der Waals surface area contributed by atoms with Gasteiger partial charge in [-0.3, -0.25) is 9.89 Å². The van der Waals surface area contributed by atoms with E-state index in [1.807, 2.05) is 0 Å². The van der Waals surface area contributed by atoms with Crippen molar-refractivity contribution in [1.82, 2.24) is 15.1 Å². The zero-order valence-electron chi connectivity index (χ0n) is 15.0. The Kier molecular flexibility index (Phi) is 4.38. The number of carbonyl (C=O) groups is 1. The number of aliphatic hydroxyl groups is 1. The topological polar surface area (TPSA) is 69.2 Å². The molecule has 1 aliphatic rings. The molecule has 1 aromatic heterocycles. The summed E-state index contributed by atoms with van der Waals surface area (Å²) in [5.74, 6) is -0.242. The van der Waals surface area contributed by atoms with Crippen molar-refractivity contribution >= 4 is 16.8 Å². The third-order valence-corrected chi connectivity index (χ3v) is 5.11. The van der Waals surface area contributed by atoms with Crippen LogP contribution in [0.15, 0.2) is 36.5 Å². The molecule has 1 saturated heterocycles. The maximum atomic E-state index is 13.3. The summed E-state index contributed by atoms with van der Waals surface area (Å²) in [6.07, 6.45) is -3.03. The van der Waals surface area contributed by atoms with Gasteiger partial charge in [0.25, 0.3) is 5.91 Å². The number of β-amino-alcohol motifs (C(OH)–C–C–N with tert-alkyl or cyclic N) is 1. The maximum absolute atomic E-state index is 13.3. The first-order valence-electron chi connectivity index (χ1n) is 8.87. The second-order valence-corrected chi connectivity index (χ2v) is 7.08. The Bertz CT molecular complexity index is 1060. The number of hydrogen-bond donors (Lipinski definition) is 2. The zero-order chi connectivity index (χ0) is 20.1. The lowest BCUT2D eigenvalue weighted by Gasteiger charge is -2.17. The molecule has 28 heavy (non-hydrogen) atoms. The lowest BCUT2D eigenvalue weighted by atomic mass is 9.93. The van der Waals surface area contributed by atoms with Crippen molar-refractivity contribution in [2.75, 3.05) is 13.1 Å². The Morgan fingerprint density at radius 3 is 2.71 bits per heavy atom. The van der Waals surface area contributed by atoms with E-state index < -0.39 is 17.8 Å². The third kappa shape index (κ3) is 3.24. The van der Waals surface area contributed by atoms with Crippen LogP contribution < -0.4 is 0 Å². The number of aromatic amines is 1. The van der Waals surface area contributed by atoms with E-state index in [0.717, 1.165) is 17.7 Å². The molecule has 0 spiro atoms. The van der Waals surface area contributed by atoms with Crippen molar-refractivity contribution in [2.45, 2.75) is 25.6 Å². The Hall–Kier alpha value is -2.87. The molecule has 3 aromatic rings. The van der Waals surface area contributed by atoms with Gasteiger partial charge in [-0.2, -0.15) is 18.3 Å². The molecule has 4 rings (SSSR count). The molecule has 5 nitrogen and oxygen atoms in total. The van der Waals surface area contributed by atoms with E-state index in [9.17, 15) is 23.1 Å². The van der Waals surface area contributed by atoms with Gasteiger partial charge in [-0.05, 0) is 54.3 Å². The van der Waals surface area contributed by atoms with Gasteiger partial charge in [-0.1, -0.05) is 6.07 Å². The maximum Gasteiger partial charge on any atom is 0.416 e. The number of rotatable bonds is 2. The highest BCUT2D eigenvalue weighted by Crippen LogP contribution is 2.38. The lowest BCUT2D eigenvalue weighted by molar-refractivity contribution is -0.137. The van der Waals surface area contributed by atoms with Crippen LogP contribution >= 0.6 is 0 Å². The van der Waals surface area contributed by atoms with E-state index in [0.29, 0.717) is 35.0 Å². The fourth-order valence-corrected chi connectivity index (χ4v) is 3.59. The highest BCUT2D eigenvalue weighted by atomic mass is 19.4. The quantitative estimate of drug-likeness (QED) is 0.701. The van der Waals surface area contributed by atoms with E-state index in [1.165, 1.54) is 6.20 Å². The van der Waals surface area contributed by atoms with E-state index >= 15 is 0 Å². The van der Waals surface area contributed by atoms with Crippen LogP contribution in [-0.4, -0.2) is 45.3 Å². The Labute approximate surface area is 158 Å². The van der Waals surface area contributed by atoms with Crippen molar-refractivity contribution < 1.29 is 23.1 Å². The summed E-state index contributed by atoms with van der Waals surface area (Å²) in [6.45, 7) is 2.51. The Morgan fingerprint density at radius 1 is 1.25 bits per heavy atom. The molecule has 1 aliphatic heterocycles. The third-order valence-electron chi connectivity index (χ3n) is 5.11. The van der Waals surface area contributed by atoms with Crippen molar-refractivity contribution in [2.24, 2.45) is 0 Å². The summed E-state index contributed by atoms with van der Waals surface area (Å²) >= 11 is 0. The summed E-state index contributed by atoms with van der Waals surface area (Å²) in [7, 11) is 0. The average molecular weight is 389 g/mol. The normalized spacial score (nSPS) is 17.5. The number of aliphatic hydroxyl groups excluding tert-OH is 1. The number of hydrogen-bond acceptors (Lipinski definition) is 3. The minimum Gasteiger partial charge on any atom is -0.391 e. The summed E-state index contributed by atoms with van der Waals surface area (Å²) in [4.78, 5) is 14.3. The van der Waals surface area contributed by atoms with Crippen LogP contribution in [-0.2, 0) is 6.18 Å². The van der Waals surface area contributed by atoms with Gasteiger partial charge in [0.1, 0.15) is 0 Å². The van der Waals surface area contributed by atoms with E-state index in [1.54, 1.807) is 30.0 Å². The number of alkyl halides is 3. The molecule has 2 N–H and O–H groups in total. The molecule has 1 amide bonds. The first-order valence-corrected chi connectivity index (χ1v) is 8.87. The summed E-state index contributed by atoms with van der Waals surface area (Å²) in [6, 6.07) is 7.12. The first kappa shape index (κ1) is 18.5. The molecular weight excluding hydrogens is 371 g/mol. The van der Waals surface area contributed by atoms with Crippen LogP contribution in [0.3, 0.4) is 0 Å². The first-order chi connectivity index (χ1) is 13.2. The van der Waals surface area contributed by atoms with E-state index in [2.05, 4.69) is 10.2 Å². The molecule has 0 radical (unpaired) electrons. The highest BCUT2D eigenvalue weighted by Gasteiger charge is 2.32. The standard InChI is InChI=1S/C20H18F3N3O2/c1-11-2-3-12(19(28)26-5-4-14(27)10-26)6-15(11)16-7-13(20(21,22)23)8-18-17(16)9-24-25-18/h2-3,6-9,14,27H,4-5,10H2,1H3,(H,24,25). The van der Waals surface area contributed by atoms with Crippen LogP contribution in [0, 0.1) is 6.92 Å². The van der Waals surface area contributed by atoms with E-state index in [-0.39, 0.29) is 18.0 Å². The molecule has 0 aliphatic carbocycles. The number of fused-ring (bicyclic) bond motifs is 1. The predicted octanol–water partition coefficient (Wildman–Crippen LogP) is 3.76. The fourth-order valence-electron chi connectivity index (χ4n) is 3.59. The number of halogens is 3. The molecule has 2 heterocycles. The predicted molar refractivity (Wildman–Crippen MR) is 97.8 cm³/mol. The minimum absolute atomic E-state index is 0.242. The molecular formula is C20H18F3N3O2. The number of nitrogens with one attached hydrogen (secondary N) is 1. The lowest BCUT2D eigenvalue weighted by Crippen LogP contribution is -2.29. The number of benzene rings is 2. The molecule has 0 bridgehead atoms. The van der Waals surface area contributed by atoms with Crippen LogP contribution in [0.4, 0.5) is 13.2 Å². The van der Waals surface area contributed by atoms with Crippen LogP contribution in [0.1, 0.15) is 27.9 Å². The summed E-state index contributed by atoms with van der Waals surface area (Å²) in [5, 5.41) is 16.7. The van der Waals surface area contributed by atoms with Gasteiger partial charge in [-0.15, -0.1) is 0 Å². The van der Waals surface area contributed by atoms with Gasteiger partial charge in [0.05, 0.1) is 23.4 Å². The second kappa shape index (κ2) is 6.63. The fraction of sp³-hybridized carbons (Fsp3) is 0.300. The van der Waals surface area contributed by atoms with Crippen molar-refractivity contribution in [3.63, 3.8) is 0 Å². The number of likely N-dealkylation sites (tertiary alicyclic amines) is 1. The molecule has 1 unspecified atom stereocenters. The van der Waals surface area contributed by atoms with Gasteiger partial charge in [-0.25, -0.2) is 0 Å². The average Bonchev–Trinajstić information content (AvgIpc) is 3.28. The van der Waals surface area contributed by atoms with Gasteiger partial charge in [0, 0.05) is 24.0 Å². The zero-order valence-corrected chi connectivity index (χ0v) is 15.0. The minimum atomic E-state index is -4.50. The van der Waals surface area contributed by atoms with Crippen molar-refractivity contribution in [1.29, 1.82) is 0 Å². The number of nitrogens with zero attached hydrogens (tertiary/aromatic N) is 2. The van der Waals surface area contributed by atoms with Crippen LogP contribution in [0.25, 0.3) is 22.0 Å². The number of carbonyl (C=O) groups excluding carboxylic acids is 1. The monoisotopic (exact) mass is 389 g/mol. The summed E-state index contributed by atoms with van der Waals surface area (Å²) in [5.41, 5.74) is 1.54. The van der Waals surface area contributed by atoms with Crippen molar-refractivity contribution in [3.8, 4) is 11.1 Å². The molecule has 1 fully saturated rings. The number of H-pyrrole nitrogens is 1. The number of amides is 1. The van der Waals surface area contributed by atoms with Gasteiger partial charge < -0.3 is 10.0 Å². The van der Waals surface area contributed by atoms with Crippen LogP contribution in [0.5, 0.6) is 0 Å². The smallest absolute Gasteiger partial charge is 0.391 e. The van der Waals surface area contributed by atoms with Gasteiger partial charge in [0.15, 0.2) is 0 Å². The molecule has 2 aromatic carbocycles. The van der Waals surface area contributed by atoms with Gasteiger partial charge >= 0.3 is 6.18 Å². The second-order valence-electron chi connectivity index (χ2n) is 7.08. The largest absolute Gasteiger partial charge is 0.416 e. The Morgan fingerprint density at radius 2 is 2.04 bits per heavy atom. The van der Waals surface area contributed by atoms with Crippen molar-refractivity contribution in [3.05, 3.63) is 53.2 Å². The Balaban J connectivity index is 1.83. The molecule has 8 heteroatoms. The molecule has 0 saturated carbocycles. The highest BCUT2D eigenvalue weighted by molar-refractivity contribution is 6.00.